The number of hydrogen-bond acceptors (Lipinski definition) is 10. The zero-order valence-corrected chi connectivity index (χ0v) is 57.1. The van der Waals surface area contributed by atoms with Crippen LogP contribution in [0.15, 0.2) is 98.2 Å². The summed E-state index contributed by atoms with van der Waals surface area (Å²) in [5, 5.41) is 0. The first kappa shape index (κ1) is 66.3. The summed E-state index contributed by atoms with van der Waals surface area (Å²) in [5.41, 5.74) is 0.846. The second kappa shape index (κ2) is 28.4. The van der Waals surface area contributed by atoms with Crippen LogP contribution >= 0.6 is 0 Å². The third-order valence-electron chi connectivity index (χ3n) is 30.0. The van der Waals surface area contributed by atoms with Gasteiger partial charge in [0.1, 0.15) is 13.2 Å². The van der Waals surface area contributed by atoms with Crippen LogP contribution in [0.5, 0.6) is 0 Å². The minimum Gasteiger partial charge on any atom is -0.466 e. The van der Waals surface area contributed by atoms with E-state index in [1.165, 1.54) is 135 Å². The van der Waals surface area contributed by atoms with E-state index in [1.807, 2.05) is 0 Å². The van der Waals surface area contributed by atoms with Crippen LogP contribution < -0.4 is 0 Å². The average Bonchev–Trinajstić information content (AvgIpc) is 1.57. The van der Waals surface area contributed by atoms with Gasteiger partial charge in [0.05, 0.1) is 27.4 Å². The molecule has 0 radical (unpaired) electrons. The van der Waals surface area contributed by atoms with Crippen LogP contribution in [0.25, 0.3) is 0 Å². The van der Waals surface area contributed by atoms with Crippen molar-refractivity contribution in [3.05, 3.63) is 98.2 Å². The van der Waals surface area contributed by atoms with E-state index in [4.69, 9.17) is 0 Å². The molecule has 0 heterocycles. The monoisotopic (exact) mass is 1260 g/mol. The number of fused-ring (bicyclic) bond motifs is 48. The number of allylic oxidation sites excluding steroid dienone is 8. The van der Waals surface area contributed by atoms with Gasteiger partial charge in [-0.25, -0.2) is 19.2 Å². The van der Waals surface area contributed by atoms with E-state index in [1.54, 1.807) is 131 Å². The molecule has 10 heteroatoms. The standard InChI is InChI=1S/4C15H20.C7H12O3.C6H10O3.C5H8O2.C4H6O2/c4*1-2-10-11(3-1)13-7-12(10)14-8-4-5-9(6-8)15(13)14;1-6(2)7(8)10-5-4-9-3;1-3-6(7)9-5-4-8-2;1-4(2)5(6)7-3;1-3-4(5)6-2/h4*1-2,8-15H,3-7H2;1,4-5H2,2-3H3;3H,1,4-5H2,2H3;1H2,2-3H3;3H,1H2,2H3. The highest BCUT2D eigenvalue weighted by atomic mass is 16.6. The van der Waals surface area contributed by atoms with Crippen molar-refractivity contribution >= 4 is 23.9 Å². The Morgan fingerprint density at radius 2 is 0.620 bits per heavy atom. The van der Waals surface area contributed by atoms with Crippen molar-refractivity contribution in [1.29, 1.82) is 0 Å². The molecular formula is C82H116O10. The Kier molecular flexibility index (Phi) is 20.5. The molecular weight excluding hydrogens is 1140 g/mol. The molecule has 32 unspecified atom stereocenters. The SMILES string of the molecule is C1=CC2C(C1)C1CC2C2C3CCC(C3)C12.C1=CC2C(C1)C1CC2C2C3CCC(C3)C12.C1=CC2C(C1)C1CC2C2C3CCC(C3)C12.C1=CC2C(C1)C1CC2C2C3CCC(C3)C12.C=C(C)C(=O)OC.C=C(C)C(=O)OCCOC.C=CC(=O)OC.C=CC(=O)OCCOC. The molecule has 92 heavy (non-hydrogen) atoms. The molecule has 16 fully saturated rings. The van der Waals surface area contributed by atoms with Crippen LogP contribution in [0.4, 0.5) is 0 Å². The zero-order chi connectivity index (χ0) is 64.2. The molecule has 20 aliphatic rings. The van der Waals surface area contributed by atoms with Crippen molar-refractivity contribution < 1.29 is 47.6 Å². The molecule has 16 saturated carbocycles. The van der Waals surface area contributed by atoms with E-state index in [9.17, 15) is 19.2 Å². The number of rotatable bonds is 10. The zero-order valence-electron chi connectivity index (χ0n) is 57.1. The van der Waals surface area contributed by atoms with Crippen molar-refractivity contribution in [2.75, 3.05) is 54.9 Å². The summed E-state index contributed by atoms with van der Waals surface area (Å²) in [7, 11) is 5.73. The molecule has 32 atom stereocenters. The highest BCUT2D eigenvalue weighted by molar-refractivity contribution is 5.87. The first-order valence-electron chi connectivity index (χ1n) is 37.4. The summed E-state index contributed by atoms with van der Waals surface area (Å²) in [5.74, 6) is 35.2. The molecule has 0 aliphatic heterocycles. The number of ether oxygens (including phenoxy) is 6. The van der Waals surface area contributed by atoms with Gasteiger partial charge >= 0.3 is 23.9 Å². The van der Waals surface area contributed by atoms with Crippen LogP contribution in [-0.2, 0) is 47.6 Å². The maximum Gasteiger partial charge on any atom is 0.333 e. The lowest BCUT2D eigenvalue weighted by atomic mass is 9.64. The third kappa shape index (κ3) is 12.1. The Bertz CT molecular complexity index is 2570. The first-order chi connectivity index (χ1) is 44.7. The van der Waals surface area contributed by atoms with E-state index in [2.05, 4.69) is 103 Å². The highest BCUT2D eigenvalue weighted by Crippen LogP contribution is 2.76. The largest absolute Gasteiger partial charge is 0.466 e. The lowest BCUT2D eigenvalue weighted by Crippen LogP contribution is -2.36. The van der Waals surface area contributed by atoms with Gasteiger partial charge in [0.2, 0.25) is 0 Å². The van der Waals surface area contributed by atoms with Crippen molar-refractivity contribution in [2.24, 2.45) is 189 Å². The Morgan fingerprint density at radius 1 is 0.348 bits per heavy atom. The van der Waals surface area contributed by atoms with Crippen LogP contribution in [0.1, 0.15) is 142 Å². The third-order valence-corrected chi connectivity index (χ3v) is 30.0. The predicted molar refractivity (Wildman–Crippen MR) is 360 cm³/mol. The lowest BCUT2D eigenvalue weighted by molar-refractivity contribution is -0.140. The summed E-state index contributed by atoms with van der Waals surface area (Å²) >= 11 is 0. The lowest BCUT2D eigenvalue weighted by Gasteiger charge is -2.40. The maximum absolute atomic E-state index is 10.6. The number of carbonyl (C=O) groups excluding carboxylic acids is 4. The van der Waals surface area contributed by atoms with Gasteiger partial charge in [-0.15, -0.1) is 0 Å². The summed E-state index contributed by atoms with van der Waals surface area (Å²) in [6.45, 7) is 17.8. The van der Waals surface area contributed by atoms with E-state index >= 15 is 0 Å². The Morgan fingerprint density at radius 3 is 0.837 bits per heavy atom. The van der Waals surface area contributed by atoms with E-state index in [0.29, 0.717) is 37.6 Å². The Hall–Kier alpha value is -4.28. The maximum atomic E-state index is 10.6. The number of hydrogen-bond donors (Lipinski definition) is 0. The molecule has 0 aromatic heterocycles. The molecule has 0 N–H and O–H groups in total. The van der Waals surface area contributed by atoms with Gasteiger partial charge in [-0.1, -0.05) is 74.9 Å². The van der Waals surface area contributed by atoms with E-state index < -0.39 is 11.9 Å². The predicted octanol–water partition coefficient (Wildman–Crippen LogP) is 16.2. The second-order valence-corrected chi connectivity index (χ2v) is 33.1. The number of carbonyl (C=O) groups is 4. The molecule has 504 valence electrons. The molecule has 0 aromatic carbocycles. The smallest absolute Gasteiger partial charge is 0.333 e. The summed E-state index contributed by atoms with van der Waals surface area (Å²) < 4.78 is 26.9. The van der Waals surface area contributed by atoms with Gasteiger partial charge < -0.3 is 28.4 Å². The fourth-order valence-corrected chi connectivity index (χ4v) is 27.9. The molecule has 20 aliphatic carbocycles. The topological polar surface area (TPSA) is 124 Å². The summed E-state index contributed by atoms with van der Waals surface area (Å²) in [6.07, 6.45) is 54.1. The molecule has 0 saturated heterocycles. The van der Waals surface area contributed by atoms with Gasteiger partial charge in [0.25, 0.3) is 0 Å². The van der Waals surface area contributed by atoms with Crippen molar-refractivity contribution in [1.82, 2.24) is 0 Å². The summed E-state index contributed by atoms with van der Waals surface area (Å²) in [4.78, 5) is 41.0. The molecule has 20 rings (SSSR count). The first-order valence-corrected chi connectivity index (χ1v) is 37.4. The molecule has 0 amide bonds. The van der Waals surface area contributed by atoms with Crippen LogP contribution in [0.3, 0.4) is 0 Å². The molecule has 10 nitrogen and oxygen atoms in total. The fourth-order valence-electron chi connectivity index (χ4n) is 27.9. The minimum absolute atomic E-state index is 0.293. The van der Waals surface area contributed by atoms with Crippen LogP contribution in [0.2, 0.25) is 0 Å². The van der Waals surface area contributed by atoms with Crippen LogP contribution in [0, 0.1) is 189 Å². The normalized spacial score (nSPS) is 47.0. The Labute approximate surface area is 553 Å². The minimum atomic E-state index is -0.410. The number of methoxy groups -OCH3 is 4. The van der Waals surface area contributed by atoms with Crippen molar-refractivity contribution in [3.8, 4) is 0 Å². The Balaban J connectivity index is 0.0000000982. The van der Waals surface area contributed by atoms with Gasteiger partial charge in [-0.2, -0.15) is 0 Å². The summed E-state index contributed by atoms with van der Waals surface area (Å²) in [6, 6.07) is 0. The molecule has 0 aromatic rings. The average molecular weight is 1260 g/mol. The van der Waals surface area contributed by atoms with E-state index in [0.717, 1.165) is 107 Å². The van der Waals surface area contributed by atoms with Gasteiger partial charge in [0.15, 0.2) is 0 Å². The second-order valence-electron chi connectivity index (χ2n) is 33.1. The van der Waals surface area contributed by atoms with Gasteiger partial charge in [-0.3, -0.25) is 0 Å². The molecule has 16 bridgehead atoms. The fraction of sp³-hybridized carbons (Fsp3) is 0.756. The highest BCUT2D eigenvalue weighted by Gasteiger charge is 2.69. The van der Waals surface area contributed by atoms with E-state index in [-0.39, 0.29) is 11.9 Å². The van der Waals surface area contributed by atoms with Crippen molar-refractivity contribution in [3.63, 3.8) is 0 Å². The van der Waals surface area contributed by atoms with Crippen molar-refractivity contribution in [2.45, 2.75) is 142 Å². The number of esters is 4. The van der Waals surface area contributed by atoms with Gasteiger partial charge in [0, 0.05) is 37.5 Å². The quantitative estimate of drug-likeness (QED) is 0.0521. The molecule has 0 spiro atoms. The van der Waals surface area contributed by atoms with Crippen LogP contribution in [-0.4, -0.2) is 78.7 Å². The van der Waals surface area contributed by atoms with Gasteiger partial charge in [-0.05, 0) is 332 Å².